The first-order valence-corrected chi connectivity index (χ1v) is 6.96. The van der Waals surface area contributed by atoms with Crippen LogP contribution in [-0.4, -0.2) is 30.4 Å². The van der Waals surface area contributed by atoms with Crippen molar-refractivity contribution in [2.45, 2.75) is 13.1 Å². The van der Waals surface area contributed by atoms with E-state index < -0.39 is 6.03 Å². The summed E-state index contributed by atoms with van der Waals surface area (Å²) in [6, 6.07) is 12.6. The molecule has 3 amide bonds. The summed E-state index contributed by atoms with van der Waals surface area (Å²) in [5, 5.41) is 4.94. The van der Waals surface area contributed by atoms with E-state index in [-0.39, 0.29) is 12.5 Å². The highest BCUT2D eigenvalue weighted by Crippen LogP contribution is 2.03. The Hall–Kier alpha value is -2.60. The van der Waals surface area contributed by atoms with E-state index in [9.17, 15) is 9.59 Å². The Labute approximate surface area is 129 Å². The summed E-state index contributed by atoms with van der Waals surface area (Å²) in [5.41, 5.74) is 0.972. The van der Waals surface area contributed by atoms with Gasteiger partial charge in [-0.2, -0.15) is 0 Å². The second-order valence-corrected chi connectivity index (χ2v) is 4.97. The molecule has 0 fully saturated rings. The van der Waals surface area contributed by atoms with E-state index in [1.165, 1.54) is 0 Å². The molecule has 1 aromatic carbocycles. The third-order valence-corrected chi connectivity index (χ3v) is 2.97. The number of nitrogens with one attached hydrogen (secondary N) is 2. The molecule has 22 heavy (non-hydrogen) atoms. The highest BCUT2D eigenvalue weighted by atomic mass is 16.3. The van der Waals surface area contributed by atoms with Gasteiger partial charge >= 0.3 is 6.03 Å². The lowest BCUT2D eigenvalue weighted by Crippen LogP contribution is -2.43. The Balaban J connectivity index is 1.68. The average Bonchev–Trinajstić information content (AvgIpc) is 2.98. The van der Waals surface area contributed by atoms with Crippen molar-refractivity contribution >= 4 is 11.9 Å². The summed E-state index contributed by atoms with van der Waals surface area (Å²) in [6.45, 7) is 0.994. The van der Waals surface area contributed by atoms with E-state index in [2.05, 4.69) is 10.6 Å². The molecule has 2 aromatic rings. The molecule has 0 aliphatic heterocycles. The standard InChI is InChI=1S/C16H19N3O3/c1-19(11-14-8-5-9-22-14)12-15(20)18-16(21)17-10-13-6-3-2-4-7-13/h2-9H,10-12H2,1H3,(H2,17,18,20,21). The highest BCUT2D eigenvalue weighted by Gasteiger charge is 2.11. The van der Waals surface area contributed by atoms with Crippen LogP contribution in [0, 0.1) is 0 Å². The van der Waals surface area contributed by atoms with Crippen molar-refractivity contribution in [1.29, 1.82) is 0 Å². The van der Waals surface area contributed by atoms with E-state index in [0.29, 0.717) is 13.1 Å². The Morgan fingerprint density at radius 3 is 2.59 bits per heavy atom. The number of benzene rings is 1. The van der Waals surface area contributed by atoms with Crippen LogP contribution in [0.2, 0.25) is 0 Å². The largest absolute Gasteiger partial charge is 0.468 e. The number of hydrogen-bond donors (Lipinski definition) is 2. The molecule has 0 saturated carbocycles. The van der Waals surface area contributed by atoms with Gasteiger partial charge in [0.2, 0.25) is 5.91 Å². The third kappa shape index (κ3) is 5.41. The predicted octanol–water partition coefficient (Wildman–Crippen LogP) is 1.74. The molecule has 0 spiro atoms. The van der Waals surface area contributed by atoms with E-state index >= 15 is 0 Å². The van der Waals surface area contributed by atoms with Gasteiger partial charge in [0.25, 0.3) is 0 Å². The van der Waals surface area contributed by atoms with Crippen LogP contribution < -0.4 is 10.6 Å². The average molecular weight is 301 g/mol. The van der Waals surface area contributed by atoms with Crippen molar-refractivity contribution in [2.24, 2.45) is 0 Å². The minimum Gasteiger partial charge on any atom is -0.468 e. The van der Waals surface area contributed by atoms with Crippen molar-refractivity contribution in [3.05, 3.63) is 60.1 Å². The van der Waals surface area contributed by atoms with E-state index in [4.69, 9.17) is 4.42 Å². The first kappa shape index (κ1) is 15.8. The Bertz CT molecular complexity index is 596. The summed E-state index contributed by atoms with van der Waals surface area (Å²) in [5.74, 6) is 0.406. The molecule has 0 bridgehead atoms. The van der Waals surface area contributed by atoms with Gasteiger partial charge in [-0.3, -0.25) is 15.0 Å². The SMILES string of the molecule is CN(CC(=O)NC(=O)NCc1ccccc1)Cc1ccco1. The van der Waals surface area contributed by atoms with Crippen molar-refractivity contribution in [3.63, 3.8) is 0 Å². The molecule has 0 aliphatic rings. The molecule has 0 saturated heterocycles. The summed E-state index contributed by atoms with van der Waals surface area (Å²) in [6.07, 6.45) is 1.58. The normalized spacial score (nSPS) is 10.5. The predicted molar refractivity (Wildman–Crippen MR) is 81.9 cm³/mol. The molecule has 0 unspecified atom stereocenters. The third-order valence-electron chi connectivity index (χ3n) is 2.97. The number of carbonyl (C=O) groups is 2. The lowest BCUT2D eigenvalue weighted by atomic mass is 10.2. The maximum absolute atomic E-state index is 11.8. The lowest BCUT2D eigenvalue weighted by Gasteiger charge is -2.14. The number of amides is 3. The van der Waals surface area contributed by atoms with Gasteiger partial charge in [-0.1, -0.05) is 30.3 Å². The number of carbonyl (C=O) groups excluding carboxylic acids is 2. The number of furan rings is 1. The zero-order valence-corrected chi connectivity index (χ0v) is 12.4. The molecule has 2 rings (SSSR count). The molecular weight excluding hydrogens is 282 g/mol. The molecule has 0 atom stereocenters. The molecule has 6 nitrogen and oxygen atoms in total. The van der Waals surface area contributed by atoms with Crippen LogP contribution in [0.5, 0.6) is 0 Å². The lowest BCUT2D eigenvalue weighted by molar-refractivity contribution is -0.121. The van der Waals surface area contributed by atoms with Crippen LogP contribution in [-0.2, 0) is 17.9 Å². The van der Waals surface area contributed by atoms with Gasteiger partial charge < -0.3 is 9.73 Å². The number of rotatable bonds is 6. The van der Waals surface area contributed by atoms with Gasteiger partial charge in [-0.15, -0.1) is 0 Å². The number of urea groups is 1. The van der Waals surface area contributed by atoms with Gasteiger partial charge in [-0.25, -0.2) is 4.79 Å². The van der Waals surface area contributed by atoms with E-state index in [0.717, 1.165) is 11.3 Å². The minimum absolute atomic E-state index is 0.111. The van der Waals surface area contributed by atoms with Crippen molar-refractivity contribution in [2.75, 3.05) is 13.6 Å². The van der Waals surface area contributed by atoms with Crippen LogP contribution in [0.1, 0.15) is 11.3 Å². The molecule has 116 valence electrons. The fourth-order valence-corrected chi connectivity index (χ4v) is 1.96. The maximum atomic E-state index is 11.8. The monoisotopic (exact) mass is 301 g/mol. The molecule has 1 aromatic heterocycles. The van der Waals surface area contributed by atoms with Crippen LogP contribution in [0.15, 0.2) is 53.1 Å². The minimum atomic E-state index is -0.500. The second kappa shape index (κ2) is 7.99. The summed E-state index contributed by atoms with van der Waals surface area (Å²) in [7, 11) is 1.78. The number of likely N-dealkylation sites (N-methyl/N-ethyl adjacent to an activating group) is 1. The second-order valence-electron chi connectivity index (χ2n) is 4.97. The topological polar surface area (TPSA) is 74.6 Å². The van der Waals surface area contributed by atoms with Gasteiger partial charge in [0.1, 0.15) is 5.76 Å². The highest BCUT2D eigenvalue weighted by molar-refractivity contribution is 5.95. The quantitative estimate of drug-likeness (QED) is 0.852. The van der Waals surface area contributed by atoms with Crippen LogP contribution >= 0.6 is 0 Å². The summed E-state index contributed by atoms with van der Waals surface area (Å²) in [4.78, 5) is 25.2. The molecule has 0 aliphatic carbocycles. The van der Waals surface area contributed by atoms with Gasteiger partial charge in [-0.05, 0) is 24.7 Å². The van der Waals surface area contributed by atoms with Crippen molar-refractivity contribution < 1.29 is 14.0 Å². The van der Waals surface area contributed by atoms with Crippen LogP contribution in [0.4, 0.5) is 4.79 Å². The molecule has 6 heteroatoms. The summed E-state index contributed by atoms with van der Waals surface area (Å²) >= 11 is 0. The zero-order chi connectivity index (χ0) is 15.8. The molecule has 0 radical (unpaired) electrons. The number of hydrogen-bond acceptors (Lipinski definition) is 4. The van der Waals surface area contributed by atoms with Crippen molar-refractivity contribution in [1.82, 2.24) is 15.5 Å². The van der Waals surface area contributed by atoms with Crippen LogP contribution in [0.25, 0.3) is 0 Å². The molecule has 1 heterocycles. The number of imide groups is 1. The van der Waals surface area contributed by atoms with E-state index in [1.807, 2.05) is 36.4 Å². The Morgan fingerprint density at radius 2 is 1.91 bits per heavy atom. The van der Waals surface area contributed by atoms with E-state index in [1.54, 1.807) is 24.3 Å². The zero-order valence-electron chi connectivity index (χ0n) is 12.4. The van der Waals surface area contributed by atoms with Gasteiger partial charge in [0.15, 0.2) is 0 Å². The smallest absolute Gasteiger partial charge is 0.321 e. The van der Waals surface area contributed by atoms with Crippen LogP contribution in [0.3, 0.4) is 0 Å². The van der Waals surface area contributed by atoms with Gasteiger partial charge in [0.05, 0.1) is 19.4 Å². The first-order valence-electron chi connectivity index (χ1n) is 6.96. The summed E-state index contributed by atoms with van der Waals surface area (Å²) < 4.78 is 5.20. The fourth-order valence-electron chi connectivity index (χ4n) is 1.96. The molecule has 2 N–H and O–H groups in total. The Morgan fingerprint density at radius 1 is 1.14 bits per heavy atom. The number of nitrogens with zero attached hydrogens (tertiary/aromatic N) is 1. The maximum Gasteiger partial charge on any atom is 0.321 e. The Kier molecular flexibility index (Phi) is 5.73. The first-order chi connectivity index (χ1) is 10.6. The van der Waals surface area contributed by atoms with Crippen molar-refractivity contribution in [3.8, 4) is 0 Å². The fraction of sp³-hybridized carbons (Fsp3) is 0.250. The molecular formula is C16H19N3O3. The van der Waals surface area contributed by atoms with Gasteiger partial charge in [0, 0.05) is 6.54 Å².